The van der Waals surface area contributed by atoms with E-state index >= 15 is 0 Å². The summed E-state index contributed by atoms with van der Waals surface area (Å²) in [6.07, 6.45) is 0. The zero-order valence-electron chi connectivity index (χ0n) is 5.83. The lowest BCUT2D eigenvalue weighted by molar-refractivity contribution is 1.12. The average molecular weight is 177 g/mol. The van der Waals surface area contributed by atoms with Gasteiger partial charge in [0.2, 0.25) is 0 Å². The van der Waals surface area contributed by atoms with Gasteiger partial charge >= 0.3 is 0 Å². The fourth-order valence-electron chi connectivity index (χ4n) is 0.625. The SMILES string of the molecule is N#Cc1nc(C#N)c(=S)[nH]c1N. The summed E-state index contributed by atoms with van der Waals surface area (Å²) in [7, 11) is 0. The second-order valence-electron chi connectivity index (χ2n) is 1.90. The third-order valence-corrected chi connectivity index (χ3v) is 1.45. The Kier molecular flexibility index (Phi) is 2.04. The summed E-state index contributed by atoms with van der Waals surface area (Å²) < 4.78 is 0.147. The first-order valence-electron chi connectivity index (χ1n) is 2.89. The van der Waals surface area contributed by atoms with E-state index in [1.807, 2.05) is 0 Å². The molecule has 3 N–H and O–H groups in total. The van der Waals surface area contributed by atoms with Crippen molar-refractivity contribution in [1.29, 1.82) is 10.5 Å². The van der Waals surface area contributed by atoms with Gasteiger partial charge in [-0.15, -0.1) is 0 Å². The number of hydrogen-bond donors (Lipinski definition) is 2. The molecular weight excluding hydrogens is 174 g/mol. The van der Waals surface area contributed by atoms with Crippen molar-refractivity contribution in [2.24, 2.45) is 0 Å². The minimum Gasteiger partial charge on any atom is -0.383 e. The normalized spacial score (nSPS) is 8.50. The first-order chi connectivity index (χ1) is 5.69. The van der Waals surface area contributed by atoms with Crippen LogP contribution in [0, 0.1) is 27.3 Å². The number of aromatic nitrogens is 2. The van der Waals surface area contributed by atoms with Crippen molar-refractivity contribution in [3.8, 4) is 12.1 Å². The van der Waals surface area contributed by atoms with Crippen LogP contribution in [0.5, 0.6) is 0 Å². The Morgan fingerprint density at radius 2 is 1.92 bits per heavy atom. The smallest absolute Gasteiger partial charge is 0.182 e. The summed E-state index contributed by atoms with van der Waals surface area (Å²) in [5.41, 5.74) is 5.34. The predicted molar refractivity (Wildman–Crippen MR) is 43.3 cm³/mol. The van der Waals surface area contributed by atoms with Crippen LogP contribution in [0.3, 0.4) is 0 Å². The van der Waals surface area contributed by atoms with E-state index in [9.17, 15) is 0 Å². The Hall–Kier alpha value is -1.92. The number of aromatic amines is 1. The molecule has 0 aliphatic heterocycles. The van der Waals surface area contributed by atoms with Crippen molar-refractivity contribution in [3.05, 3.63) is 16.0 Å². The van der Waals surface area contributed by atoms with Gasteiger partial charge in [0.1, 0.15) is 22.6 Å². The lowest BCUT2D eigenvalue weighted by Gasteiger charge is -1.95. The Morgan fingerprint density at radius 3 is 2.42 bits per heavy atom. The van der Waals surface area contributed by atoms with E-state index < -0.39 is 0 Å². The molecule has 1 aromatic heterocycles. The van der Waals surface area contributed by atoms with E-state index in [1.165, 1.54) is 0 Å². The van der Waals surface area contributed by atoms with Crippen molar-refractivity contribution < 1.29 is 0 Å². The Bertz CT molecular complexity index is 446. The van der Waals surface area contributed by atoms with Crippen molar-refractivity contribution in [2.75, 3.05) is 5.73 Å². The van der Waals surface area contributed by atoms with Crippen LogP contribution in [0.2, 0.25) is 0 Å². The van der Waals surface area contributed by atoms with E-state index in [-0.39, 0.29) is 21.8 Å². The number of hydrogen-bond acceptors (Lipinski definition) is 5. The van der Waals surface area contributed by atoms with Gasteiger partial charge in [0.05, 0.1) is 0 Å². The quantitative estimate of drug-likeness (QED) is 0.560. The maximum Gasteiger partial charge on any atom is 0.182 e. The molecule has 0 bridgehead atoms. The standard InChI is InChI=1S/C6H3N5S/c7-1-3-5(9)11-6(12)4(2-8)10-3/h(H3,9,11,12). The van der Waals surface area contributed by atoms with E-state index in [4.69, 9.17) is 28.5 Å². The lowest BCUT2D eigenvalue weighted by atomic mass is 10.4. The number of nitrogens with two attached hydrogens (primary N) is 1. The molecule has 0 amide bonds. The number of nitrogens with zero attached hydrogens (tertiary/aromatic N) is 3. The minimum atomic E-state index is -0.0137. The van der Waals surface area contributed by atoms with Gasteiger partial charge in [-0.1, -0.05) is 12.2 Å². The van der Waals surface area contributed by atoms with Crippen LogP contribution in [-0.2, 0) is 0 Å². The number of H-pyrrole nitrogens is 1. The van der Waals surface area contributed by atoms with Gasteiger partial charge in [-0.3, -0.25) is 0 Å². The molecule has 0 unspecified atom stereocenters. The molecule has 0 aliphatic carbocycles. The number of nitrogen functional groups attached to an aromatic ring is 1. The van der Waals surface area contributed by atoms with Crippen LogP contribution < -0.4 is 5.73 Å². The molecule has 0 aliphatic rings. The van der Waals surface area contributed by atoms with Gasteiger partial charge in [-0.2, -0.15) is 10.5 Å². The molecule has 1 aromatic rings. The topological polar surface area (TPSA) is 102 Å². The zero-order valence-corrected chi connectivity index (χ0v) is 6.64. The van der Waals surface area contributed by atoms with Gasteiger partial charge in [0.25, 0.3) is 0 Å². The van der Waals surface area contributed by atoms with E-state index in [1.54, 1.807) is 12.1 Å². The van der Waals surface area contributed by atoms with E-state index in [0.717, 1.165) is 0 Å². The van der Waals surface area contributed by atoms with Crippen LogP contribution in [0.15, 0.2) is 0 Å². The van der Waals surface area contributed by atoms with Gasteiger partial charge in [0.15, 0.2) is 11.4 Å². The lowest BCUT2D eigenvalue weighted by Crippen LogP contribution is -2.00. The highest BCUT2D eigenvalue weighted by atomic mass is 32.1. The van der Waals surface area contributed by atoms with Crippen LogP contribution in [0.1, 0.15) is 11.4 Å². The van der Waals surface area contributed by atoms with Gasteiger partial charge in [-0.05, 0) is 0 Å². The molecule has 0 radical (unpaired) electrons. The summed E-state index contributed by atoms with van der Waals surface area (Å²) in [6, 6.07) is 3.48. The minimum absolute atomic E-state index is 0.00995. The molecule has 1 rings (SSSR count). The Balaban J connectivity index is 3.54. The predicted octanol–water partition coefficient (Wildman–Crippen LogP) is 0.465. The molecule has 0 spiro atoms. The molecule has 5 nitrogen and oxygen atoms in total. The summed E-state index contributed by atoms with van der Waals surface area (Å²) in [5.74, 6) is 0.0847. The number of anilines is 1. The molecular formula is C6H3N5S. The van der Waals surface area contributed by atoms with Crippen molar-refractivity contribution in [3.63, 3.8) is 0 Å². The third-order valence-electron chi connectivity index (χ3n) is 1.15. The molecule has 6 heteroatoms. The zero-order chi connectivity index (χ0) is 9.14. The second kappa shape index (κ2) is 2.99. The van der Waals surface area contributed by atoms with Gasteiger partial charge < -0.3 is 10.7 Å². The fraction of sp³-hybridized carbons (Fsp3) is 0. The molecule has 0 fully saturated rings. The largest absolute Gasteiger partial charge is 0.383 e. The maximum absolute atomic E-state index is 8.48. The summed E-state index contributed by atoms with van der Waals surface area (Å²) in [4.78, 5) is 6.12. The van der Waals surface area contributed by atoms with Crippen molar-refractivity contribution >= 4 is 18.0 Å². The van der Waals surface area contributed by atoms with E-state index in [2.05, 4.69) is 9.97 Å². The first-order valence-corrected chi connectivity index (χ1v) is 3.30. The first kappa shape index (κ1) is 8.18. The molecule has 0 saturated carbocycles. The van der Waals surface area contributed by atoms with Crippen LogP contribution in [0.4, 0.5) is 5.82 Å². The molecule has 58 valence electrons. The average Bonchev–Trinajstić information content (AvgIpc) is 2.05. The number of rotatable bonds is 0. The Labute approximate surface area is 73.1 Å². The number of nitrogens with one attached hydrogen (secondary N) is 1. The van der Waals surface area contributed by atoms with Gasteiger partial charge in [-0.25, -0.2) is 4.98 Å². The summed E-state index contributed by atoms with van der Waals surface area (Å²) in [5, 5.41) is 17.0. The Morgan fingerprint density at radius 1 is 1.33 bits per heavy atom. The van der Waals surface area contributed by atoms with E-state index in [0.29, 0.717) is 0 Å². The highest BCUT2D eigenvalue weighted by Crippen LogP contribution is 2.05. The maximum atomic E-state index is 8.48. The second-order valence-corrected chi connectivity index (χ2v) is 2.31. The fourth-order valence-corrected chi connectivity index (χ4v) is 0.826. The third kappa shape index (κ3) is 1.24. The molecule has 0 saturated heterocycles. The molecule has 12 heavy (non-hydrogen) atoms. The summed E-state index contributed by atoms with van der Waals surface area (Å²) in [6.45, 7) is 0. The van der Waals surface area contributed by atoms with Gasteiger partial charge in [0, 0.05) is 0 Å². The monoisotopic (exact) mass is 177 g/mol. The highest BCUT2D eigenvalue weighted by molar-refractivity contribution is 7.71. The van der Waals surface area contributed by atoms with Crippen LogP contribution in [0.25, 0.3) is 0 Å². The van der Waals surface area contributed by atoms with Crippen molar-refractivity contribution in [2.45, 2.75) is 0 Å². The molecule has 0 atom stereocenters. The molecule has 0 aromatic carbocycles. The number of nitriles is 2. The van der Waals surface area contributed by atoms with Crippen molar-refractivity contribution in [1.82, 2.24) is 9.97 Å². The highest BCUT2D eigenvalue weighted by Gasteiger charge is 2.03. The van der Waals surface area contributed by atoms with Crippen LogP contribution in [-0.4, -0.2) is 9.97 Å². The molecule has 1 heterocycles. The summed E-state index contributed by atoms with van der Waals surface area (Å²) >= 11 is 4.72. The van der Waals surface area contributed by atoms with Crippen LogP contribution >= 0.6 is 12.2 Å².